The molecule has 3 N–H and O–H groups in total. The monoisotopic (exact) mass is 450 g/mol. The molecule has 1 aromatic rings. The number of aryl methyl sites for hydroxylation is 1. The van der Waals surface area contributed by atoms with Crippen molar-refractivity contribution in [1.29, 1.82) is 0 Å². The molecule has 10 heteroatoms. The van der Waals surface area contributed by atoms with Gasteiger partial charge in [0.15, 0.2) is 0 Å². The van der Waals surface area contributed by atoms with E-state index in [1.165, 1.54) is 0 Å². The normalized spacial score (nSPS) is 16.9. The number of hydrogen-bond acceptors (Lipinski definition) is 7. The summed E-state index contributed by atoms with van der Waals surface area (Å²) < 4.78 is 0. The first-order chi connectivity index (χ1) is 15.2. The molecule has 0 radical (unpaired) electrons. The molecule has 178 valence electrons. The maximum atomic E-state index is 11.4. The average Bonchev–Trinajstić information content (AvgIpc) is 2.78. The largest absolute Gasteiger partial charge is 0.480 e. The van der Waals surface area contributed by atoms with Crippen molar-refractivity contribution in [2.45, 2.75) is 13.5 Å². The van der Waals surface area contributed by atoms with Gasteiger partial charge in [-0.05, 0) is 12.5 Å². The second-order valence-corrected chi connectivity index (χ2v) is 8.27. The van der Waals surface area contributed by atoms with Crippen molar-refractivity contribution in [3.8, 4) is 0 Å². The number of carboxylic acid groups (broad SMARTS) is 3. The fourth-order valence-electron chi connectivity index (χ4n) is 3.75. The van der Waals surface area contributed by atoms with Crippen molar-refractivity contribution >= 4 is 17.9 Å². The molecule has 0 aromatic heterocycles. The Morgan fingerprint density at radius 2 is 1.25 bits per heavy atom. The Hall–Kier alpha value is -2.53. The first kappa shape index (κ1) is 25.7. The molecule has 1 aliphatic rings. The SMILES string of the molecule is Cc1ccc(CN(CCN2CCN(CC(=O)O)CCN(CC(=O)O)CC2)CC(=O)O)cc1. The zero-order chi connectivity index (χ0) is 23.5. The van der Waals surface area contributed by atoms with Crippen molar-refractivity contribution in [3.63, 3.8) is 0 Å². The van der Waals surface area contributed by atoms with Gasteiger partial charge in [0.1, 0.15) is 0 Å². The summed E-state index contributed by atoms with van der Waals surface area (Å²) in [6, 6.07) is 8.00. The molecular formula is C22H34N4O6. The van der Waals surface area contributed by atoms with Gasteiger partial charge in [0.2, 0.25) is 0 Å². The maximum Gasteiger partial charge on any atom is 0.317 e. The topological polar surface area (TPSA) is 125 Å². The van der Waals surface area contributed by atoms with E-state index in [2.05, 4.69) is 4.90 Å². The standard InChI is InChI=1S/C22H34N4O6/c1-18-2-4-19(5-3-18)14-26(17-22(31)32)13-8-23-6-9-24(15-20(27)28)11-12-25(10-7-23)16-21(29)30/h2-5H,6-17H2,1H3,(H,27,28)(H,29,30)(H,31,32). The summed E-state index contributed by atoms with van der Waals surface area (Å²) in [5, 5.41) is 27.7. The fourth-order valence-corrected chi connectivity index (χ4v) is 3.75. The van der Waals surface area contributed by atoms with Crippen molar-refractivity contribution in [2.75, 3.05) is 72.0 Å². The summed E-state index contributed by atoms with van der Waals surface area (Å²) in [6.45, 7) is 6.81. The zero-order valence-corrected chi connectivity index (χ0v) is 18.6. The zero-order valence-electron chi connectivity index (χ0n) is 18.6. The molecule has 10 nitrogen and oxygen atoms in total. The lowest BCUT2D eigenvalue weighted by atomic mass is 10.1. The van der Waals surface area contributed by atoms with Crippen molar-refractivity contribution in [1.82, 2.24) is 19.6 Å². The quantitative estimate of drug-likeness (QED) is 0.423. The molecule has 0 atom stereocenters. The van der Waals surface area contributed by atoms with Gasteiger partial charge in [-0.15, -0.1) is 0 Å². The van der Waals surface area contributed by atoms with Crippen LogP contribution in [-0.4, -0.2) is 125 Å². The van der Waals surface area contributed by atoms with Gasteiger partial charge >= 0.3 is 17.9 Å². The van der Waals surface area contributed by atoms with Crippen LogP contribution >= 0.6 is 0 Å². The van der Waals surface area contributed by atoms with E-state index in [-0.39, 0.29) is 19.6 Å². The molecule has 1 aromatic carbocycles. The summed E-state index contributed by atoms with van der Waals surface area (Å²) in [4.78, 5) is 41.4. The summed E-state index contributed by atoms with van der Waals surface area (Å²) >= 11 is 0. The van der Waals surface area contributed by atoms with E-state index in [1.54, 1.807) is 0 Å². The average molecular weight is 451 g/mol. The van der Waals surface area contributed by atoms with Gasteiger partial charge in [-0.2, -0.15) is 0 Å². The molecule has 0 spiro atoms. The highest BCUT2D eigenvalue weighted by atomic mass is 16.4. The number of nitrogens with zero attached hydrogens (tertiary/aromatic N) is 4. The minimum atomic E-state index is -0.911. The maximum absolute atomic E-state index is 11.4. The molecule has 1 heterocycles. The second kappa shape index (κ2) is 13.1. The van der Waals surface area contributed by atoms with E-state index in [0.29, 0.717) is 58.9 Å². The Labute approximate surface area is 188 Å². The molecule has 0 saturated carbocycles. The van der Waals surface area contributed by atoms with E-state index in [1.807, 2.05) is 45.9 Å². The van der Waals surface area contributed by atoms with Crippen LogP contribution in [0.1, 0.15) is 11.1 Å². The highest BCUT2D eigenvalue weighted by Gasteiger charge is 2.20. The predicted octanol–water partition coefficient (Wildman–Crippen LogP) is -0.0296. The minimum absolute atomic E-state index is 0.0714. The van der Waals surface area contributed by atoms with Crippen LogP contribution in [0.3, 0.4) is 0 Å². The van der Waals surface area contributed by atoms with E-state index < -0.39 is 17.9 Å². The summed E-state index contributed by atoms with van der Waals surface area (Å²) in [5.41, 5.74) is 2.19. The van der Waals surface area contributed by atoms with Gasteiger partial charge in [0.05, 0.1) is 19.6 Å². The molecule has 0 amide bonds. The van der Waals surface area contributed by atoms with Crippen LogP contribution in [0.4, 0.5) is 0 Å². The number of aliphatic carboxylic acids is 3. The highest BCUT2D eigenvalue weighted by Crippen LogP contribution is 2.08. The van der Waals surface area contributed by atoms with E-state index >= 15 is 0 Å². The van der Waals surface area contributed by atoms with Crippen LogP contribution in [0.25, 0.3) is 0 Å². The Morgan fingerprint density at radius 3 is 1.69 bits per heavy atom. The van der Waals surface area contributed by atoms with Gasteiger partial charge in [0, 0.05) is 58.9 Å². The molecule has 1 fully saturated rings. The molecular weight excluding hydrogens is 416 g/mol. The molecule has 1 aliphatic heterocycles. The van der Waals surface area contributed by atoms with Crippen LogP contribution in [-0.2, 0) is 20.9 Å². The number of carbonyl (C=O) groups is 3. The van der Waals surface area contributed by atoms with Crippen LogP contribution < -0.4 is 0 Å². The van der Waals surface area contributed by atoms with Gasteiger partial charge < -0.3 is 15.3 Å². The highest BCUT2D eigenvalue weighted by molar-refractivity contribution is 5.69. The van der Waals surface area contributed by atoms with Gasteiger partial charge in [-0.25, -0.2) is 0 Å². The van der Waals surface area contributed by atoms with E-state index in [4.69, 9.17) is 10.2 Å². The fraction of sp³-hybridized carbons (Fsp3) is 0.591. The summed E-state index contributed by atoms with van der Waals surface area (Å²) in [5.74, 6) is -2.71. The Kier molecular flexibility index (Phi) is 10.5. The number of benzene rings is 1. The van der Waals surface area contributed by atoms with Crippen LogP contribution in [0.2, 0.25) is 0 Å². The van der Waals surface area contributed by atoms with Crippen LogP contribution in [0, 0.1) is 6.92 Å². The van der Waals surface area contributed by atoms with Gasteiger partial charge in [-0.1, -0.05) is 29.8 Å². The summed E-state index contributed by atoms with van der Waals surface area (Å²) in [6.07, 6.45) is 0. The van der Waals surface area contributed by atoms with E-state index in [9.17, 15) is 19.5 Å². The van der Waals surface area contributed by atoms with Gasteiger partial charge in [0.25, 0.3) is 0 Å². The van der Waals surface area contributed by atoms with E-state index in [0.717, 1.165) is 11.1 Å². The number of rotatable bonds is 11. The molecule has 0 bridgehead atoms. The third-order valence-electron chi connectivity index (χ3n) is 5.53. The molecule has 2 rings (SSSR count). The third kappa shape index (κ3) is 10.2. The molecule has 32 heavy (non-hydrogen) atoms. The lowest BCUT2D eigenvalue weighted by Gasteiger charge is -2.28. The smallest absolute Gasteiger partial charge is 0.317 e. The molecule has 1 saturated heterocycles. The third-order valence-corrected chi connectivity index (χ3v) is 5.53. The van der Waals surface area contributed by atoms with Crippen molar-refractivity contribution in [3.05, 3.63) is 35.4 Å². The lowest BCUT2D eigenvalue weighted by Crippen LogP contribution is -2.42. The number of hydrogen-bond donors (Lipinski definition) is 3. The first-order valence-electron chi connectivity index (χ1n) is 10.8. The number of carboxylic acids is 3. The van der Waals surface area contributed by atoms with Crippen LogP contribution in [0.5, 0.6) is 0 Å². The van der Waals surface area contributed by atoms with Gasteiger partial charge in [-0.3, -0.25) is 34.0 Å². The minimum Gasteiger partial charge on any atom is -0.480 e. The van der Waals surface area contributed by atoms with Crippen molar-refractivity contribution in [2.24, 2.45) is 0 Å². The molecule has 0 unspecified atom stereocenters. The lowest BCUT2D eigenvalue weighted by molar-refractivity contribution is -0.140. The molecule has 0 aliphatic carbocycles. The summed E-state index contributed by atoms with van der Waals surface area (Å²) in [7, 11) is 0. The Morgan fingerprint density at radius 1 is 0.781 bits per heavy atom. The predicted molar refractivity (Wildman–Crippen MR) is 119 cm³/mol. The Bertz CT molecular complexity index is 729. The van der Waals surface area contributed by atoms with Crippen molar-refractivity contribution < 1.29 is 29.7 Å². The Balaban J connectivity index is 2.01. The second-order valence-electron chi connectivity index (χ2n) is 8.27. The van der Waals surface area contributed by atoms with Crippen LogP contribution in [0.15, 0.2) is 24.3 Å². The first-order valence-corrected chi connectivity index (χ1v) is 10.8.